The molecule has 1 saturated heterocycles. The number of sulfone groups is 1. The average molecular weight is 386 g/mol. The van der Waals surface area contributed by atoms with Crippen LogP contribution < -0.4 is 0 Å². The second-order valence-corrected chi connectivity index (χ2v) is 10.1. The van der Waals surface area contributed by atoms with E-state index in [9.17, 15) is 8.42 Å². The van der Waals surface area contributed by atoms with Gasteiger partial charge < -0.3 is 0 Å². The summed E-state index contributed by atoms with van der Waals surface area (Å²) in [4.78, 5) is 2.80. The summed E-state index contributed by atoms with van der Waals surface area (Å²) in [7, 11) is -1.36. The Morgan fingerprint density at radius 1 is 1.23 bits per heavy atom. The van der Waals surface area contributed by atoms with Crippen molar-refractivity contribution in [2.45, 2.75) is 22.6 Å². The first kappa shape index (κ1) is 16.2. The number of benzene rings is 1. The van der Waals surface area contributed by atoms with Gasteiger partial charge in [-0.05, 0) is 45.6 Å². The fourth-order valence-electron chi connectivity index (χ4n) is 4.25. The largest absolute Gasteiger partial charge is 0.297 e. The smallest absolute Gasteiger partial charge is 0.183 e. The van der Waals surface area contributed by atoms with Gasteiger partial charge in [-0.1, -0.05) is 6.07 Å². The molecule has 26 heavy (non-hydrogen) atoms. The maximum atomic E-state index is 13.0. The lowest BCUT2D eigenvalue weighted by molar-refractivity contribution is 0.326. The van der Waals surface area contributed by atoms with Crippen molar-refractivity contribution in [2.24, 2.45) is 7.05 Å². The van der Waals surface area contributed by atoms with Crippen LogP contribution in [-0.4, -0.2) is 41.4 Å². The minimum Gasteiger partial charge on any atom is -0.297 e. The quantitative estimate of drug-likeness (QED) is 0.696. The van der Waals surface area contributed by atoms with E-state index in [1.807, 2.05) is 25.5 Å². The van der Waals surface area contributed by atoms with E-state index in [2.05, 4.69) is 32.9 Å². The Morgan fingerprint density at radius 2 is 2.12 bits per heavy atom. The van der Waals surface area contributed by atoms with Gasteiger partial charge in [0.25, 0.3) is 0 Å². The van der Waals surface area contributed by atoms with Crippen molar-refractivity contribution in [3.63, 3.8) is 0 Å². The van der Waals surface area contributed by atoms with Crippen molar-refractivity contribution >= 4 is 21.2 Å². The number of fused-ring (bicyclic) bond motifs is 3. The van der Waals surface area contributed by atoms with Crippen LogP contribution in [0.4, 0.5) is 0 Å². The lowest BCUT2D eigenvalue weighted by Crippen LogP contribution is -2.25. The molecule has 0 bridgehead atoms. The molecule has 2 aromatic heterocycles. The standard InChI is InChI=1S/C19H19N3O2S2/c1-21-9-15(7-20-21)14-2-3-18-16(6-14)17-10-22(8-13-4-5-25-12-13)11-19(17)26(18,23)24/h2-7,9,12,17,19H,8,10-11H2,1H3. The highest BCUT2D eigenvalue weighted by atomic mass is 32.2. The van der Waals surface area contributed by atoms with Crippen LogP contribution >= 0.6 is 11.3 Å². The summed E-state index contributed by atoms with van der Waals surface area (Å²) in [6.07, 6.45) is 3.78. The Balaban J connectivity index is 1.50. The van der Waals surface area contributed by atoms with E-state index >= 15 is 0 Å². The topological polar surface area (TPSA) is 55.2 Å². The Hall–Kier alpha value is -1.96. The molecule has 2 aliphatic heterocycles. The van der Waals surface area contributed by atoms with Gasteiger partial charge in [0.05, 0.1) is 16.3 Å². The summed E-state index contributed by atoms with van der Waals surface area (Å²) >= 11 is 1.68. The summed E-state index contributed by atoms with van der Waals surface area (Å²) in [6.45, 7) is 2.23. The first-order chi connectivity index (χ1) is 12.5. The molecule has 2 aliphatic rings. The number of likely N-dealkylation sites (tertiary alicyclic amines) is 1. The van der Waals surface area contributed by atoms with E-state index in [4.69, 9.17) is 0 Å². The van der Waals surface area contributed by atoms with Gasteiger partial charge in [-0.3, -0.25) is 9.58 Å². The molecular weight excluding hydrogens is 366 g/mol. The Morgan fingerprint density at radius 3 is 2.85 bits per heavy atom. The highest BCUT2D eigenvalue weighted by Gasteiger charge is 2.50. The van der Waals surface area contributed by atoms with Gasteiger partial charge in [0.2, 0.25) is 0 Å². The number of rotatable bonds is 3. The minimum absolute atomic E-state index is 0.0604. The molecule has 0 N–H and O–H groups in total. The number of hydrogen-bond donors (Lipinski definition) is 0. The summed E-state index contributed by atoms with van der Waals surface area (Å²) in [6, 6.07) is 7.86. The zero-order chi connectivity index (χ0) is 17.9. The van der Waals surface area contributed by atoms with Crippen LogP contribution in [-0.2, 0) is 23.4 Å². The molecule has 7 heteroatoms. The summed E-state index contributed by atoms with van der Waals surface area (Å²) < 4.78 is 27.8. The van der Waals surface area contributed by atoms with Gasteiger partial charge in [0.15, 0.2) is 9.84 Å². The molecule has 0 spiro atoms. The van der Waals surface area contributed by atoms with Crippen molar-refractivity contribution in [2.75, 3.05) is 13.1 Å². The molecule has 2 atom stereocenters. The highest BCUT2D eigenvalue weighted by Crippen LogP contribution is 2.46. The maximum Gasteiger partial charge on any atom is 0.183 e. The zero-order valence-corrected chi connectivity index (χ0v) is 16.0. The second-order valence-electron chi connectivity index (χ2n) is 7.17. The predicted molar refractivity (Wildman–Crippen MR) is 102 cm³/mol. The van der Waals surface area contributed by atoms with E-state index in [1.165, 1.54) is 5.56 Å². The SMILES string of the molecule is Cn1cc(-c2ccc3c(c2)C2CN(Cc4ccsc4)CC2S3(=O)=O)cn1. The molecule has 0 saturated carbocycles. The van der Waals surface area contributed by atoms with Crippen LogP contribution in [0.5, 0.6) is 0 Å². The Labute approximate surface area is 156 Å². The van der Waals surface area contributed by atoms with Gasteiger partial charge in [-0.15, -0.1) is 0 Å². The van der Waals surface area contributed by atoms with Gasteiger partial charge >= 0.3 is 0 Å². The van der Waals surface area contributed by atoms with E-state index < -0.39 is 9.84 Å². The van der Waals surface area contributed by atoms with Gasteiger partial charge in [-0.25, -0.2) is 8.42 Å². The van der Waals surface area contributed by atoms with Gasteiger partial charge in [-0.2, -0.15) is 16.4 Å². The summed E-state index contributed by atoms with van der Waals surface area (Å²) in [5.74, 6) is 0.0604. The Bertz CT molecular complexity index is 1070. The third-order valence-electron chi connectivity index (χ3n) is 5.48. The number of aryl methyl sites for hydroxylation is 1. The molecule has 134 valence electrons. The van der Waals surface area contributed by atoms with Crippen LogP contribution in [0.15, 0.2) is 52.3 Å². The fourth-order valence-corrected chi connectivity index (χ4v) is 7.10. The molecule has 0 amide bonds. The van der Waals surface area contributed by atoms with Gasteiger partial charge in [0.1, 0.15) is 0 Å². The van der Waals surface area contributed by atoms with E-state index in [0.717, 1.165) is 29.8 Å². The van der Waals surface area contributed by atoms with Crippen molar-refractivity contribution < 1.29 is 8.42 Å². The molecule has 0 radical (unpaired) electrons. The maximum absolute atomic E-state index is 13.0. The van der Waals surface area contributed by atoms with Crippen molar-refractivity contribution in [1.82, 2.24) is 14.7 Å². The van der Waals surface area contributed by atoms with Crippen molar-refractivity contribution in [3.8, 4) is 11.1 Å². The van der Waals surface area contributed by atoms with Crippen LogP contribution in [0.25, 0.3) is 11.1 Å². The molecule has 2 unspecified atom stereocenters. The number of aromatic nitrogens is 2. The molecule has 5 nitrogen and oxygen atoms in total. The molecule has 1 aromatic carbocycles. The molecule has 4 heterocycles. The monoisotopic (exact) mass is 385 g/mol. The first-order valence-corrected chi connectivity index (χ1v) is 11.1. The van der Waals surface area contributed by atoms with E-state index in [1.54, 1.807) is 22.1 Å². The zero-order valence-electron chi connectivity index (χ0n) is 14.4. The van der Waals surface area contributed by atoms with Crippen LogP contribution in [0.3, 0.4) is 0 Å². The lowest BCUT2D eigenvalue weighted by Gasteiger charge is -2.16. The molecule has 5 rings (SSSR count). The van der Waals surface area contributed by atoms with E-state index in [0.29, 0.717) is 11.4 Å². The normalized spacial score (nSPS) is 23.9. The minimum atomic E-state index is -3.25. The lowest BCUT2D eigenvalue weighted by atomic mass is 9.95. The fraction of sp³-hybridized carbons (Fsp3) is 0.316. The summed E-state index contributed by atoms with van der Waals surface area (Å²) in [5.41, 5.74) is 4.29. The second kappa shape index (κ2) is 5.77. The van der Waals surface area contributed by atoms with Crippen LogP contribution in [0.1, 0.15) is 17.0 Å². The molecular formula is C19H19N3O2S2. The molecule has 1 fully saturated rings. The van der Waals surface area contributed by atoms with Crippen molar-refractivity contribution in [3.05, 3.63) is 58.5 Å². The van der Waals surface area contributed by atoms with Crippen LogP contribution in [0, 0.1) is 0 Å². The number of thiophene rings is 1. The third kappa shape index (κ3) is 2.46. The number of nitrogens with zero attached hydrogens (tertiary/aromatic N) is 3. The van der Waals surface area contributed by atoms with Crippen molar-refractivity contribution in [1.29, 1.82) is 0 Å². The average Bonchev–Trinajstić information content (AvgIpc) is 3.37. The Kier molecular flexibility index (Phi) is 3.60. The van der Waals surface area contributed by atoms with E-state index in [-0.39, 0.29) is 11.2 Å². The van der Waals surface area contributed by atoms with Gasteiger partial charge in [0, 0.05) is 44.4 Å². The molecule has 3 aromatic rings. The first-order valence-electron chi connectivity index (χ1n) is 8.62. The highest BCUT2D eigenvalue weighted by molar-refractivity contribution is 7.92. The summed E-state index contributed by atoms with van der Waals surface area (Å²) in [5, 5.41) is 8.11. The molecule has 0 aliphatic carbocycles. The third-order valence-corrected chi connectivity index (χ3v) is 8.47. The number of hydrogen-bond acceptors (Lipinski definition) is 5. The van der Waals surface area contributed by atoms with Crippen LogP contribution in [0.2, 0.25) is 0 Å². The predicted octanol–water partition coefficient (Wildman–Crippen LogP) is 2.90.